The van der Waals surface area contributed by atoms with Crippen LogP contribution in [-0.2, 0) is 4.74 Å². The van der Waals surface area contributed by atoms with Crippen LogP contribution in [-0.4, -0.2) is 36.4 Å². The number of aromatic nitrogens is 1. The van der Waals surface area contributed by atoms with Crippen molar-refractivity contribution in [3.8, 4) is 0 Å². The molecular formula is C13H22N2O2. The summed E-state index contributed by atoms with van der Waals surface area (Å²) in [6.45, 7) is 7.49. The number of pyridine rings is 1. The van der Waals surface area contributed by atoms with Crippen LogP contribution >= 0.6 is 0 Å². The Morgan fingerprint density at radius 3 is 2.53 bits per heavy atom. The number of aliphatic hydroxyl groups excluding tert-OH is 1. The maximum Gasteiger partial charge on any atom is 0.128 e. The van der Waals surface area contributed by atoms with Crippen LogP contribution in [0.15, 0.2) is 18.3 Å². The average Bonchev–Trinajstić information content (AvgIpc) is 2.31. The second-order valence-corrected chi connectivity index (χ2v) is 4.22. The van der Waals surface area contributed by atoms with Gasteiger partial charge in [0.15, 0.2) is 0 Å². The zero-order valence-electron chi connectivity index (χ0n) is 11.1. The topological polar surface area (TPSA) is 45.6 Å². The number of methoxy groups -OCH3 is 1. The van der Waals surface area contributed by atoms with Crippen molar-refractivity contribution in [2.75, 3.05) is 25.2 Å². The average molecular weight is 238 g/mol. The molecule has 0 fully saturated rings. The summed E-state index contributed by atoms with van der Waals surface area (Å²) in [5.41, 5.74) is 0.837. The third kappa shape index (κ3) is 3.68. The van der Waals surface area contributed by atoms with E-state index >= 15 is 0 Å². The van der Waals surface area contributed by atoms with E-state index in [0.717, 1.165) is 17.9 Å². The van der Waals surface area contributed by atoms with Gasteiger partial charge in [-0.15, -0.1) is 0 Å². The highest BCUT2D eigenvalue weighted by Gasteiger charge is 2.13. The molecule has 0 saturated heterocycles. The molecule has 1 aromatic heterocycles. The third-order valence-corrected chi connectivity index (χ3v) is 2.83. The fourth-order valence-corrected chi connectivity index (χ4v) is 1.85. The Morgan fingerprint density at radius 2 is 2.12 bits per heavy atom. The molecule has 1 unspecified atom stereocenters. The third-order valence-electron chi connectivity index (χ3n) is 2.83. The highest BCUT2D eigenvalue weighted by atomic mass is 16.5. The zero-order valence-corrected chi connectivity index (χ0v) is 11.1. The largest absolute Gasteiger partial charge is 0.389 e. The van der Waals surface area contributed by atoms with Crippen molar-refractivity contribution in [2.24, 2.45) is 0 Å². The second-order valence-electron chi connectivity index (χ2n) is 4.22. The number of anilines is 1. The molecule has 1 aromatic rings. The Balaban J connectivity index is 2.82. The smallest absolute Gasteiger partial charge is 0.128 e. The zero-order chi connectivity index (χ0) is 12.8. The van der Waals surface area contributed by atoms with Gasteiger partial charge in [0.2, 0.25) is 0 Å². The summed E-state index contributed by atoms with van der Waals surface area (Å²) in [7, 11) is 1.70. The first-order chi connectivity index (χ1) is 8.10. The highest BCUT2D eigenvalue weighted by molar-refractivity contribution is 5.40. The van der Waals surface area contributed by atoms with Gasteiger partial charge in [0.05, 0.1) is 18.8 Å². The molecule has 0 bridgehead atoms. The second kappa shape index (κ2) is 6.57. The van der Waals surface area contributed by atoms with Gasteiger partial charge in [0, 0.05) is 19.9 Å². The molecule has 0 aromatic carbocycles. The molecule has 1 rings (SSSR count). The van der Waals surface area contributed by atoms with E-state index in [1.807, 2.05) is 12.1 Å². The van der Waals surface area contributed by atoms with Crippen molar-refractivity contribution in [3.63, 3.8) is 0 Å². The van der Waals surface area contributed by atoms with E-state index in [1.165, 1.54) is 0 Å². The predicted octanol–water partition coefficient (Wildman–Crippen LogP) is 2.00. The Bertz CT molecular complexity index is 325. The van der Waals surface area contributed by atoms with Crippen LogP contribution < -0.4 is 4.90 Å². The molecule has 1 heterocycles. The number of hydrogen-bond donors (Lipinski definition) is 1. The number of likely N-dealkylation sites (N-methyl/N-ethyl adjacent to an activating group) is 1. The molecule has 96 valence electrons. The molecule has 0 aliphatic carbocycles. The van der Waals surface area contributed by atoms with Gasteiger partial charge in [0.25, 0.3) is 0 Å². The molecule has 4 nitrogen and oxygen atoms in total. The van der Waals surface area contributed by atoms with Crippen LogP contribution in [0, 0.1) is 0 Å². The maximum atomic E-state index is 9.43. The van der Waals surface area contributed by atoms with E-state index in [4.69, 9.17) is 4.74 Å². The molecule has 0 radical (unpaired) electrons. The predicted molar refractivity (Wildman–Crippen MR) is 69.2 cm³/mol. The van der Waals surface area contributed by atoms with E-state index in [9.17, 15) is 5.11 Å². The Hall–Kier alpha value is -1.13. The molecule has 17 heavy (non-hydrogen) atoms. The summed E-state index contributed by atoms with van der Waals surface area (Å²) in [5.74, 6) is 0.918. The lowest BCUT2D eigenvalue weighted by Gasteiger charge is -2.28. The van der Waals surface area contributed by atoms with E-state index < -0.39 is 6.10 Å². The SMILES string of the molecule is CCN(c1ccc([C@H](C)O)cn1)C(C)COC. The van der Waals surface area contributed by atoms with Gasteiger partial charge in [-0.2, -0.15) is 0 Å². The van der Waals surface area contributed by atoms with E-state index in [1.54, 1.807) is 20.2 Å². The molecule has 0 amide bonds. The summed E-state index contributed by atoms with van der Waals surface area (Å²) < 4.78 is 5.16. The Labute approximate surface area is 103 Å². The van der Waals surface area contributed by atoms with E-state index in [2.05, 4.69) is 23.7 Å². The quantitative estimate of drug-likeness (QED) is 0.823. The number of nitrogens with zero attached hydrogens (tertiary/aromatic N) is 2. The lowest BCUT2D eigenvalue weighted by atomic mass is 10.2. The lowest BCUT2D eigenvalue weighted by molar-refractivity contribution is 0.181. The minimum absolute atomic E-state index is 0.287. The van der Waals surface area contributed by atoms with Crippen LogP contribution in [0.25, 0.3) is 0 Å². The molecular weight excluding hydrogens is 216 g/mol. The van der Waals surface area contributed by atoms with E-state index in [0.29, 0.717) is 6.61 Å². The fraction of sp³-hybridized carbons (Fsp3) is 0.615. The van der Waals surface area contributed by atoms with Crippen LogP contribution in [0.4, 0.5) is 5.82 Å². The molecule has 0 aliphatic rings. The minimum Gasteiger partial charge on any atom is -0.389 e. The number of rotatable bonds is 6. The maximum absolute atomic E-state index is 9.43. The van der Waals surface area contributed by atoms with Crippen LogP contribution in [0.1, 0.15) is 32.4 Å². The lowest BCUT2D eigenvalue weighted by Crippen LogP contribution is -2.36. The van der Waals surface area contributed by atoms with Crippen molar-refractivity contribution in [3.05, 3.63) is 23.9 Å². The van der Waals surface area contributed by atoms with Crippen molar-refractivity contribution in [2.45, 2.75) is 32.9 Å². The van der Waals surface area contributed by atoms with Crippen LogP contribution in [0.2, 0.25) is 0 Å². The first-order valence-corrected chi connectivity index (χ1v) is 5.99. The molecule has 2 atom stereocenters. The summed E-state index contributed by atoms with van der Waals surface area (Å²) in [6.07, 6.45) is 1.25. The normalized spacial score (nSPS) is 14.4. The molecule has 0 aliphatic heterocycles. The van der Waals surface area contributed by atoms with Crippen molar-refractivity contribution in [1.82, 2.24) is 4.98 Å². The van der Waals surface area contributed by atoms with Gasteiger partial charge in [-0.25, -0.2) is 4.98 Å². The summed E-state index contributed by atoms with van der Waals surface area (Å²) in [4.78, 5) is 6.56. The van der Waals surface area contributed by atoms with Gasteiger partial charge in [0.1, 0.15) is 5.82 Å². The van der Waals surface area contributed by atoms with E-state index in [-0.39, 0.29) is 6.04 Å². The molecule has 1 N–H and O–H groups in total. The first-order valence-electron chi connectivity index (χ1n) is 5.99. The minimum atomic E-state index is -0.469. The van der Waals surface area contributed by atoms with Gasteiger partial charge < -0.3 is 14.7 Å². The van der Waals surface area contributed by atoms with Gasteiger partial charge in [-0.05, 0) is 32.4 Å². The molecule has 0 saturated carbocycles. The Morgan fingerprint density at radius 1 is 1.41 bits per heavy atom. The van der Waals surface area contributed by atoms with Crippen molar-refractivity contribution in [1.29, 1.82) is 0 Å². The number of aliphatic hydroxyl groups is 1. The standard InChI is InChI=1S/C13H22N2O2/c1-5-15(10(2)9-17-4)13-7-6-12(8-14-13)11(3)16/h6-8,10-11,16H,5,9H2,1-4H3/t10?,11-/m0/s1. The van der Waals surface area contributed by atoms with Gasteiger partial charge in [-0.1, -0.05) is 6.07 Å². The number of hydrogen-bond acceptors (Lipinski definition) is 4. The first kappa shape index (κ1) is 13.9. The summed E-state index contributed by atoms with van der Waals surface area (Å²) >= 11 is 0. The van der Waals surface area contributed by atoms with Gasteiger partial charge in [-0.3, -0.25) is 0 Å². The fourth-order valence-electron chi connectivity index (χ4n) is 1.85. The van der Waals surface area contributed by atoms with Crippen LogP contribution in [0.3, 0.4) is 0 Å². The monoisotopic (exact) mass is 238 g/mol. The number of ether oxygens (including phenoxy) is 1. The van der Waals surface area contributed by atoms with Crippen molar-refractivity contribution < 1.29 is 9.84 Å². The summed E-state index contributed by atoms with van der Waals surface area (Å²) in [6, 6.07) is 4.14. The molecule has 4 heteroatoms. The Kier molecular flexibility index (Phi) is 5.38. The van der Waals surface area contributed by atoms with Crippen molar-refractivity contribution >= 4 is 5.82 Å². The van der Waals surface area contributed by atoms with Gasteiger partial charge >= 0.3 is 0 Å². The van der Waals surface area contributed by atoms with Crippen LogP contribution in [0.5, 0.6) is 0 Å². The summed E-state index contributed by atoms with van der Waals surface area (Å²) in [5, 5.41) is 9.43. The molecule has 0 spiro atoms. The highest BCUT2D eigenvalue weighted by Crippen LogP contribution is 2.17.